The van der Waals surface area contributed by atoms with Gasteiger partial charge < -0.3 is 24.3 Å². The molecule has 0 amide bonds. The first-order chi connectivity index (χ1) is 19.1. The molecule has 2 fully saturated rings. The zero-order valence-corrected chi connectivity index (χ0v) is 22.8. The van der Waals surface area contributed by atoms with Crippen molar-refractivity contribution >= 4 is 22.3 Å². The monoisotopic (exact) mass is 528 g/mol. The Labute approximate surface area is 230 Å². The van der Waals surface area contributed by atoms with E-state index in [0.717, 1.165) is 80.9 Å². The number of aromatic nitrogens is 2. The average molecular weight is 529 g/mol. The third kappa shape index (κ3) is 5.38. The molecule has 3 aromatic rings. The highest BCUT2D eigenvalue weighted by atomic mass is 19.1. The standard InChI is InChI=1S/C31H37FN6O/c1-33-18-22-8-5-17-38(19-22)30-26-12-7-16-37(29-14-4-10-24-25(29)11-3-13-27(24)32)20-28(26)34-31(35-30)39-21-23-9-6-15-36(23)2/h3-4,10-11,13-14,22-23H,5-9,12,15-21H2,2H3/t22-,23-/m0/s1. The van der Waals surface area contributed by atoms with E-state index >= 15 is 0 Å². The maximum atomic E-state index is 14.6. The van der Waals surface area contributed by atoms with E-state index < -0.39 is 0 Å². The van der Waals surface area contributed by atoms with Gasteiger partial charge in [-0.2, -0.15) is 9.97 Å². The Balaban J connectivity index is 1.35. The number of fused-ring (bicyclic) bond motifs is 2. The van der Waals surface area contributed by atoms with Crippen molar-refractivity contribution in [2.24, 2.45) is 5.92 Å². The summed E-state index contributed by atoms with van der Waals surface area (Å²) in [6.45, 7) is 12.9. The van der Waals surface area contributed by atoms with Crippen molar-refractivity contribution in [3.63, 3.8) is 0 Å². The van der Waals surface area contributed by atoms with E-state index in [2.05, 4.69) is 32.7 Å². The highest BCUT2D eigenvalue weighted by Crippen LogP contribution is 2.35. The van der Waals surface area contributed by atoms with E-state index in [1.165, 1.54) is 18.1 Å². The van der Waals surface area contributed by atoms with E-state index in [1.807, 2.05) is 18.2 Å². The van der Waals surface area contributed by atoms with E-state index in [9.17, 15) is 4.39 Å². The van der Waals surface area contributed by atoms with Gasteiger partial charge in [0.1, 0.15) is 18.2 Å². The maximum absolute atomic E-state index is 14.6. The number of rotatable bonds is 6. The van der Waals surface area contributed by atoms with E-state index in [0.29, 0.717) is 43.1 Å². The minimum Gasteiger partial charge on any atom is -0.462 e. The summed E-state index contributed by atoms with van der Waals surface area (Å²) < 4.78 is 20.9. The second-order valence-electron chi connectivity index (χ2n) is 11.3. The molecule has 0 unspecified atom stereocenters. The number of halogens is 1. The predicted molar refractivity (Wildman–Crippen MR) is 153 cm³/mol. The normalized spacial score (nSPS) is 22.0. The molecular weight excluding hydrogens is 491 g/mol. The number of benzene rings is 2. The molecule has 4 heterocycles. The largest absolute Gasteiger partial charge is 0.462 e. The lowest BCUT2D eigenvalue weighted by Crippen LogP contribution is -2.38. The number of anilines is 2. The van der Waals surface area contributed by atoms with Gasteiger partial charge in [-0.05, 0) is 64.3 Å². The smallest absolute Gasteiger partial charge is 0.318 e. The van der Waals surface area contributed by atoms with Gasteiger partial charge in [0.05, 0.1) is 12.2 Å². The summed E-state index contributed by atoms with van der Waals surface area (Å²) >= 11 is 0. The van der Waals surface area contributed by atoms with E-state index in [1.54, 1.807) is 6.07 Å². The zero-order valence-electron chi connectivity index (χ0n) is 22.8. The van der Waals surface area contributed by atoms with Crippen molar-refractivity contribution in [2.45, 2.75) is 51.1 Å². The first-order valence-corrected chi connectivity index (χ1v) is 14.3. The van der Waals surface area contributed by atoms with Crippen molar-refractivity contribution in [3.8, 4) is 6.01 Å². The minimum atomic E-state index is -0.194. The van der Waals surface area contributed by atoms with Crippen LogP contribution in [0.15, 0.2) is 36.4 Å². The Morgan fingerprint density at radius 2 is 1.82 bits per heavy atom. The molecule has 0 N–H and O–H groups in total. The molecule has 0 radical (unpaired) electrons. The van der Waals surface area contributed by atoms with Crippen LogP contribution in [0, 0.1) is 18.3 Å². The van der Waals surface area contributed by atoms with Crippen LogP contribution in [0.2, 0.25) is 0 Å². The summed E-state index contributed by atoms with van der Waals surface area (Å²) in [5, 5.41) is 1.57. The second kappa shape index (κ2) is 11.4. The molecule has 0 saturated carbocycles. The van der Waals surface area contributed by atoms with Crippen molar-refractivity contribution in [2.75, 3.05) is 56.2 Å². The number of hydrogen-bond donors (Lipinski definition) is 0. The van der Waals surface area contributed by atoms with Gasteiger partial charge in [0.2, 0.25) is 6.54 Å². The van der Waals surface area contributed by atoms with Crippen LogP contribution in [0.5, 0.6) is 6.01 Å². The van der Waals surface area contributed by atoms with Crippen LogP contribution < -0.4 is 14.5 Å². The Bertz CT molecular complexity index is 1370. The van der Waals surface area contributed by atoms with Crippen molar-refractivity contribution in [1.29, 1.82) is 0 Å². The summed E-state index contributed by atoms with van der Waals surface area (Å²) in [6.07, 6.45) is 6.32. The molecule has 3 aliphatic rings. The lowest BCUT2D eigenvalue weighted by atomic mass is 9.97. The lowest BCUT2D eigenvalue weighted by molar-refractivity contribution is 0.187. The van der Waals surface area contributed by atoms with Gasteiger partial charge in [-0.25, -0.2) is 11.0 Å². The summed E-state index contributed by atoms with van der Waals surface area (Å²) in [5.74, 6) is 1.15. The summed E-state index contributed by atoms with van der Waals surface area (Å²) in [4.78, 5) is 20.8. The third-order valence-corrected chi connectivity index (χ3v) is 8.68. The SMILES string of the molecule is [C-]#[N+]C[C@@H]1CCCN(c2nc(OC[C@@H]3CCCN3C)nc3c2CCCN(c2cccc4c(F)cccc24)C3)C1. The van der Waals surface area contributed by atoms with Crippen LogP contribution in [-0.4, -0.2) is 67.3 Å². The fourth-order valence-electron chi connectivity index (χ4n) is 6.55. The van der Waals surface area contributed by atoms with Crippen molar-refractivity contribution < 1.29 is 9.13 Å². The highest BCUT2D eigenvalue weighted by molar-refractivity contribution is 5.94. The van der Waals surface area contributed by atoms with E-state index in [4.69, 9.17) is 21.3 Å². The Kier molecular flexibility index (Phi) is 7.51. The molecule has 8 heteroatoms. The number of likely N-dealkylation sites (tertiary alicyclic amines) is 1. The van der Waals surface area contributed by atoms with E-state index in [-0.39, 0.29) is 5.82 Å². The molecule has 1 aromatic heterocycles. The zero-order chi connectivity index (χ0) is 26.8. The van der Waals surface area contributed by atoms with Crippen molar-refractivity contribution in [3.05, 3.63) is 64.9 Å². The van der Waals surface area contributed by atoms with Crippen molar-refractivity contribution in [1.82, 2.24) is 14.9 Å². The fraction of sp³-hybridized carbons (Fsp3) is 0.516. The lowest BCUT2D eigenvalue weighted by Gasteiger charge is -2.33. The van der Waals surface area contributed by atoms with Gasteiger partial charge in [-0.15, -0.1) is 0 Å². The Morgan fingerprint density at radius 1 is 1.00 bits per heavy atom. The van der Waals surface area contributed by atoms with Gasteiger partial charge in [0.25, 0.3) is 0 Å². The quantitative estimate of drug-likeness (QED) is 0.403. The molecule has 0 bridgehead atoms. The fourth-order valence-corrected chi connectivity index (χ4v) is 6.55. The van der Waals surface area contributed by atoms with Crippen LogP contribution in [-0.2, 0) is 13.0 Å². The topological polar surface area (TPSA) is 49.1 Å². The molecular formula is C31H37FN6O. The number of nitrogens with zero attached hydrogens (tertiary/aromatic N) is 6. The number of ether oxygens (including phenoxy) is 1. The molecule has 2 aromatic carbocycles. The number of likely N-dealkylation sites (N-methyl/N-ethyl adjacent to an activating group) is 1. The molecule has 2 saturated heterocycles. The molecule has 2 atom stereocenters. The molecule has 7 nitrogen and oxygen atoms in total. The molecule has 0 spiro atoms. The molecule has 3 aliphatic heterocycles. The Morgan fingerprint density at radius 3 is 2.67 bits per heavy atom. The van der Waals surface area contributed by atoms with Gasteiger partial charge >= 0.3 is 6.01 Å². The molecule has 0 aliphatic carbocycles. The average Bonchev–Trinajstić information content (AvgIpc) is 3.24. The van der Waals surface area contributed by atoms with Gasteiger partial charge in [-0.3, -0.25) is 0 Å². The van der Waals surface area contributed by atoms with Crippen LogP contribution >= 0.6 is 0 Å². The predicted octanol–water partition coefficient (Wildman–Crippen LogP) is 5.33. The highest BCUT2D eigenvalue weighted by Gasteiger charge is 2.30. The second-order valence-corrected chi connectivity index (χ2v) is 11.3. The van der Waals surface area contributed by atoms with Gasteiger partial charge in [0.15, 0.2) is 0 Å². The first kappa shape index (κ1) is 25.8. The Hall–Kier alpha value is -3.44. The molecule has 39 heavy (non-hydrogen) atoms. The molecule has 204 valence electrons. The van der Waals surface area contributed by atoms with Gasteiger partial charge in [-0.1, -0.05) is 24.3 Å². The van der Waals surface area contributed by atoms with Crippen LogP contribution in [0.3, 0.4) is 0 Å². The number of hydrogen-bond acceptors (Lipinski definition) is 6. The maximum Gasteiger partial charge on any atom is 0.318 e. The minimum absolute atomic E-state index is 0.194. The summed E-state index contributed by atoms with van der Waals surface area (Å²) in [5.41, 5.74) is 3.22. The third-order valence-electron chi connectivity index (χ3n) is 8.68. The first-order valence-electron chi connectivity index (χ1n) is 14.3. The summed E-state index contributed by atoms with van der Waals surface area (Å²) in [6, 6.07) is 12.0. The van der Waals surface area contributed by atoms with Crippen LogP contribution in [0.1, 0.15) is 43.4 Å². The number of piperidine rings is 1. The van der Waals surface area contributed by atoms with Gasteiger partial charge in [0, 0.05) is 53.6 Å². The molecule has 6 rings (SSSR count). The van der Waals surface area contributed by atoms with Crippen LogP contribution in [0.25, 0.3) is 15.6 Å². The summed E-state index contributed by atoms with van der Waals surface area (Å²) in [7, 11) is 2.15. The van der Waals surface area contributed by atoms with Crippen LogP contribution in [0.4, 0.5) is 15.9 Å².